The van der Waals surface area contributed by atoms with Gasteiger partial charge in [-0.1, -0.05) is 95.6 Å². The third-order valence-electron chi connectivity index (χ3n) is 5.56. The summed E-state index contributed by atoms with van der Waals surface area (Å²) in [6.07, 6.45) is 0.981. The van der Waals surface area contributed by atoms with Crippen LogP contribution in [0.4, 0.5) is 0 Å². The zero-order chi connectivity index (χ0) is 23.8. The Morgan fingerprint density at radius 2 is 1.19 bits per heavy atom. The molecule has 0 saturated heterocycles. The summed E-state index contributed by atoms with van der Waals surface area (Å²) >= 11 is 1.55. The Balaban J connectivity index is 0.000000357. The maximum atomic E-state index is 3.52. The van der Waals surface area contributed by atoms with Crippen molar-refractivity contribution >= 4 is 3.21 Å². The summed E-state index contributed by atoms with van der Waals surface area (Å²) in [6.45, 7) is 4.25. The Kier molecular flexibility index (Phi) is 12.4. The minimum absolute atomic E-state index is 0. The van der Waals surface area contributed by atoms with Crippen LogP contribution in [0.1, 0.15) is 25.0 Å². The first-order chi connectivity index (χ1) is 16.6. The molecule has 5 aromatic carbocycles. The van der Waals surface area contributed by atoms with E-state index in [0.717, 1.165) is 6.42 Å². The molecule has 0 radical (unpaired) electrons. The largest absolute Gasteiger partial charge is 1.00 e. The topological polar surface area (TPSA) is 0 Å². The fourth-order valence-electron chi connectivity index (χ4n) is 4.01. The number of halogens is 2. The van der Waals surface area contributed by atoms with Gasteiger partial charge in [-0.2, -0.15) is 42.0 Å². The zero-order valence-corrected chi connectivity index (χ0v) is 24.5. The quantitative estimate of drug-likeness (QED) is 0.274. The van der Waals surface area contributed by atoms with Gasteiger partial charge in [-0.3, -0.25) is 0 Å². The van der Waals surface area contributed by atoms with Crippen molar-refractivity contribution in [1.29, 1.82) is 0 Å². The Morgan fingerprint density at radius 1 is 0.667 bits per heavy atom. The summed E-state index contributed by atoms with van der Waals surface area (Å²) in [4.78, 5) is 0. The van der Waals surface area contributed by atoms with E-state index < -0.39 is 0 Å². The van der Waals surface area contributed by atoms with E-state index in [1.54, 1.807) is 24.2 Å². The van der Waals surface area contributed by atoms with Gasteiger partial charge in [0.1, 0.15) is 0 Å². The first-order valence-corrected chi connectivity index (χ1v) is 12.8. The standard InChI is InChI=1S/C25H17.C5H5.C3H6.2ClH.Zr/c1-3-7-18(8-4-1)20-11-13-22-15-23-14-12-21(17-25(23)24(22)16-20)19-9-5-2-6-10-19;1-2-4-5-3-1;1-3-2;;;/h1-13,16-17H,15H2;1-5H;1-2H3;2*1H;/q2*-1;;;;+2/p-2. The molecule has 1 aliphatic carbocycles. The van der Waals surface area contributed by atoms with Crippen LogP contribution in [0.3, 0.4) is 0 Å². The average molecular weight is 587 g/mol. The molecule has 3 heteroatoms. The van der Waals surface area contributed by atoms with Gasteiger partial charge in [-0.05, 0) is 17.5 Å². The van der Waals surface area contributed by atoms with Gasteiger partial charge in [0.2, 0.25) is 0 Å². The molecular weight excluding hydrogens is 558 g/mol. The van der Waals surface area contributed by atoms with Crippen LogP contribution in [0.15, 0.2) is 121 Å². The number of hydrogen-bond acceptors (Lipinski definition) is 0. The van der Waals surface area contributed by atoms with Crippen molar-refractivity contribution in [3.63, 3.8) is 0 Å². The Hall–Kier alpha value is -2.44. The summed E-state index contributed by atoms with van der Waals surface area (Å²) in [5, 5.41) is 0. The van der Waals surface area contributed by atoms with Gasteiger partial charge in [0.05, 0.1) is 0 Å². The minimum atomic E-state index is 0. The van der Waals surface area contributed by atoms with E-state index in [2.05, 4.69) is 111 Å². The van der Waals surface area contributed by atoms with Crippen molar-refractivity contribution in [2.24, 2.45) is 0 Å². The smallest absolute Gasteiger partial charge is 0.0184 e. The summed E-state index contributed by atoms with van der Waals surface area (Å²) in [5.74, 6) is 0. The fraction of sp³-hybridized carbons (Fsp3) is 0.0909. The van der Waals surface area contributed by atoms with E-state index in [4.69, 9.17) is 0 Å². The molecule has 0 aliphatic heterocycles. The van der Waals surface area contributed by atoms with E-state index in [0.29, 0.717) is 0 Å². The van der Waals surface area contributed by atoms with E-state index in [9.17, 15) is 0 Å². The monoisotopic (exact) mass is 584 g/mol. The van der Waals surface area contributed by atoms with Crippen molar-refractivity contribution in [2.45, 2.75) is 20.3 Å². The second-order valence-electron chi connectivity index (χ2n) is 8.52. The van der Waals surface area contributed by atoms with Crippen molar-refractivity contribution in [2.75, 3.05) is 0 Å². The zero-order valence-electron chi connectivity index (χ0n) is 20.5. The van der Waals surface area contributed by atoms with Crippen molar-refractivity contribution in [1.82, 2.24) is 0 Å². The normalized spacial score (nSPS) is 10.1. The molecule has 36 heavy (non-hydrogen) atoms. The first kappa shape index (κ1) is 29.8. The molecule has 0 N–H and O–H groups in total. The molecule has 0 heterocycles. The van der Waals surface area contributed by atoms with E-state index in [1.165, 1.54) is 47.7 Å². The van der Waals surface area contributed by atoms with Crippen LogP contribution in [0.2, 0.25) is 0 Å². The van der Waals surface area contributed by atoms with Crippen LogP contribution in [-0.4, -0.2) is 3.21 Å². The Labute approximate surface area is 242 Å². The average Bonchev–Trinajstić information content (AvgIpc) is 3.56. The van der Waals surface area contributed by atoms with Crippen LogP contribution in [-0.2, 0) is 30.7 Å². The molecule has 180 valence electrons. The van der Waals surface area contributed by atoms with Crippen LogP contribution in [0, 0.1) is 6.07 Å². The second kappa shape index (κ2) is 15.0. The summed E-state index contributed by atoms with van der Waals surface area (Å²) in [7, 11) is 0. The number of benzene rings is 4. The van der Waals surface area contributed by atoms with Crippen molar-refractivity contribution in [3.05, 3.63) is 139 Å². The summed E-state index contributed by atoms with van der Waals surface area (Å²) < 4.78 is 1.51. The van der Waals surface area contributed by atoms with E-state index in [1.807, 2.05) is 30.3 Å². The number of rotatable bonds is 2. The van der Waals surface area contributed by atoms with Crippen molar-refractivity contribution < 1.29 is 49.0 Å². The van der Waals surface area contributed by atoms with E-state index >= 15 is 0 Å². The maximum absolute atomic E-state index is 3.52. The molecule has 1 aliphatic rings. The van der Waals surface area contributed by atoms with Gasteiger partial charge in [-0.15, -0.1) is 11.1 Å². The van der Waals surface area contributed by atoms with Gasteiger partial charge in [-0.25, -0.2) is 12.1 Å². The second-order valence-corrected chi connectivity index (χ2v) is 11.0. The van der Waals surface area contributed by atoms with Gasteiger partial charge >= 0.3 is 41.3 Å². The molecule has 0 aromatic heterocycles. The van der Waals surface area contributed by atoms with Crippen LogP contribution in [0.25, 0.3) is 33.4 Å². The minimum Gasteiger partial charge on any atom is -1.00 e. The molecule has 6 rings (SSSR count). The van der Waals surface area contributed by atoms with Crippen LogP contribution < -0.4 is 24.8 Å². The SMILES string of the molecule is C[C](C)=[Zr+2].[Cl-].[Cl-].[c-]1cc(-c2ccccc2)cc2c1Cc1ccc(-c3ccccc3)cc1-2.c1cc[cH-]c1. The fourth-order valence-corrected chi connectivity index (χ4v) is 4.01. The molecule has 0 spiro atoms. The van der Waals surface area contributed by atoms with Crippen LogP contribution >= 0.6 is 0 Å². The molecular formula is C33H28Cl2Zr-2. The summed E-state index contributed by atoms with van der Waals surface area (Å²) in [6, 6.07) is 45.9. The Bertz CT molecular complexity index is 1230. The molecule has 0 saturated carbocycles. The molecule has 0 atom stereocenters. The maximum Gasteiger partial charge on any atom is -0.0184 e. The predicted molar refractivity (Wildman–Crippen MR) is 143 cm³/mol. The van der Waals surface area contributed by atoms with Gasteiger partial charge < -0.3 is 24.8 Å². The molecule has 5 aromatic rings. The molecule has 0 unspecified atom stereocenters. The predicted octanol–water partition coefficient (Wildman–Crippen LogP) is 2.55. The molecule has 0 fully saturated rings. The third-order valence-corrected chi connectivity index (χ3v) is 5.56. The third kappa shape index (κ3) is 8.04. The van der Waals surface area contributed by atoms with Gasteiger partial charge in [0, 0.05) is 0 Å². The van der Waals surface area contributed by atoms with Gasteiger partial charge in [0.25, 0.3) is 0 Å². The molecule has 0 nitrogen and oxygen atoms in total. The first-order valence-electron chi connectivity index (χ1n) is 11.6. The van der Waals surface area contributed by atoms with Gasteiger partial charge in [0.15, 0.2) is 0 Å². The van der Waals surface area contributed by atoms with Crippen molar-refractivity contribution in [3.8, 4) is 33.4 Å². The number of fused-ring (bicyclic) bond motifs is 3. The molecule has 0 bridgehead atoms. The number of hydrogen-bond donors (Lipinski definition) is 0. The molecule has 0 amide bonds. The summed E-state index contributed by atoms with van der Waals surface area (Å²) in [5.41, 5.74) is 10.4. The van der Waals surface area contributed by atoms with Crippen LogP contribution in [0.5, 0.6) is 0 Å². The van der Waals surface area contributed by atoms with E-state index in [-0.39, 0.29) is 24.8 Å². The Morgan fingerprint density at radius 3 is 1.72 bits per heavy atom.